The lowest BCUT2D eigenvalue weighted by molar-refractivity contribution is -0.140. The Kier molecular flexibility index (Phi) is 6.62. The molecule has 9 nitrogen and oxygen atoms in total. The zero-order valence-corrected chi connectivity index (χ0v) is 18.4. The van der Waals surface area contributed by atoms with Crippen molar-refractivity contribution < 1.29 is 28.6 Å². The number of hydrogen-bond acceptors (Lipinski definition) is 6. The molecule has 0 radical (unpaired) electrons. The summed E-state index contributed by atoms with van der Waals surface area (Å²) >= 11 is 0. The van der Waals surface area contributed by atoms with Gasteiger partial charge in [0.15, 0.2) is 11.5 Å². The third-order valence-electron chi connectivity index (χ3n) is 5.52. The van der Waals surface area contributed by atoms with E-state index in [9.17, 15) is 14.4 Å². The molecule has 3 atom stereocenters. The van der Waals surface area contributed by atoms with E-state index in [0.29, 0.717) is 24.3 Å². The van der Waals surface area contributed by atoms with E-state index in [2.05, 4.69) is 16.2 Å². The van der Waals surface area contributed by atoms with Crippen molar-refractivity contribution in [2.75, 3.05) is 6.61 Å². The highest BCUT2D eigenvalue weighted by Crippen LogP contribution is 2.36. The van der Waals surface area contributed by atoms with Crippen molar-refractivity contribution in [2.45, 2.75) is 71.1 Å². The van der Waals surface area contributed by atoms with Crippen LogP contribution in [0.3, 0.4) is 0 Å². The molecule has 0 aromatic heterocycles. The van der Waals surface area contributed by atoms with Gasteiger partial charge in [-0.3, -0.25) is 20.4 Å². The van der Waals surface area contributed by atoms with Crippen LogP contribution in [0.15, 0.2) is 24.3 Å². The molecule has 0 unspecified atom stereocenters. The number of rotatable bonds is 3. The number of nitrogens with one attached hydrogen (secondary N) is 3. The SMILES string of the molecule is CC(C)(C)OC(=O)N[C@@H]1CCCC[C@@]1(C)C(=O)NNC(=O)[C@H]1COc2ccccc2O1. The second-order valence-electron chi connectivity index (χ2n) is 9.17. The van der Waals surface area contributed by atoms with Gasteiger partial charge in [-0.15, -0.1) is 0 Å². The number of benzene rings is 1. The molecule has 1 aliphatic carbocycles. The molecule has 170 valence electrons. The van der Waals surface area contributed by atoms with E-state index in [1.165, 1.54) is 0 Å². The molecule has 0 bridgehead atoms. The number of fused-ring (bicyclic) bond motifs is 1. The standard InChI is InChI=1S/C22H31N3O6/c1-21(2,3)31-20(28)23-17-11-7-8-12-22(17,4)19(27)25-24-18(26)16-13-29-14-9-5-6-10-15(14)30-16/h5-6,9-10,16-17H,7-8,11-13H2,1-4H3,(H,23,28)(H,24,26)(H,25,27)/t16-,17-,22-/m1/s1. The summed E-state index contributed by atoms with van der Waals surface area (Å²) in [6.45, 7) is 7.17. The van der Waals surface area contributed by atoms with Gasteiger partial charge in [0, 0.05) is 6.04 Å². The number of para-hydroxylation sites is 2. The highest BCUT2D eigenvalue weighted by atomic mass is 16.6. The maximum atomic E-state index is 13.0. The van der Waals surface area contributed by atoms with E-state index in [4.69, 9.17) is 14.2 Å². The van der Waals surface area contributed by atoms with Crippen molar-refractivity contribution in [3.8, 4) is 11.5 Å². The summed E-state index contributed by atoms with van der Waals surface area (Å²) in [6, 6.07) is 6.66. The van der Waals surface area contributed by atoms with Gasteiger partial charge in [-0.2, -0.15) is 0 Å². The summed E-state index contributed by atoms with van der Waals surface area (Å²) < 4.78 is 16.5. The summed E-state index contributed by atoms with van der Waals surface area (Å²) in [5, 5.41) is 2.83. The number of carbonyl (C=O) groups is 3. The third kappa shape index (κ3) is 5.59. The van der Waals surface area contributed by atoms with Gasteiger partial charge in [-0.05, 0) is 52.7 Å². The van der Waals surface area contributed by atoms with Crippen LogP contribution in [0.2, 0.25) is 0 Å². The molecule has 1 aromatic rings. The van der Waals surface area contributed by atoms with Crippen molar-refractivity contribution in [1.29, 1.82) is 0 Å². The van der Waals surface area contributed by atoms with Gasteiger partial charge in [0.25, 0.3) is 5.91 Å². The molecule has 3 rings (SSSR count). The molecule has 1 aromatic carbocycles. The van der Waals surface area contributed by atoms with Gasteiger partial charge >= 0.3 is 6.09 Å². The number of hydrogen-bond donors (Lipinski definition) is 3. The monoisotopic (exact) mass is 433 g/mol. The fraction of sp³-hybridized carbons (Fsp3) is 0.591. The van der Waals surface area contributed by atoms with Crippen molar-refractivity contribution in [3.05, 3.63) is 24.3 Å². The Balaban J connectivity index is 1.57. The third-order valence-corrected chi connectivity index (χ3v) is 5.52. The minimum absolute atomic E-state index is 0.0405. The van der Waals surface area contributed by atoms with E-state index in [1.54, 1.807) is 45.9 Å². The van der Waals surface area contributed by atoms with Gasteiger partial charge in [0.05, 0.1) is 5.41 Å². The zero-order chi connectivity index (χ0) is 22.6. The summed E-state index contributed by atoms with van der Waals surface area (Å²) in [5.74, 6) is 0.153. The van der Waals surface area contributed by atoms with Crippen LogP contribution in [0.1, 0.15) is 53.4 Å². The molecule has 1 heterocycles. The fourth-order valence-electron chi connectivity index (χ4n) is 3.78. The Bertz CT molecular complexity index is 837. The quantitative estimate of drug-likeness (QED) is 0.631. The lowest BCUT2D eigenvalue weighted by atomic mass is 9.71. The number of carbonyl (C=O) groups excluding carboxylic acids is 3. The summed E-state index contributed by atoms with van der Waals surface area (Å²) in [4.78, 5) is 37.7. The Morgan fingerprint density at radius 1 is 1.10 bits per heavy atom. The van der Waals surface area contributed by atoms with Crippen LogP contribution >= 0.6 is 0 Å². The Hall–Kier alpha value is -2.97. The van der Waals surface area contributed by atoms with Gasteiger partial charge in [0.1, 0.15) is 12.2 Å². The maximum Gasteiger partial charge on any atom is 0.407 e. The largest absolute Gasteiger partial charge is 0.485 e. The van der Waals surface area contributed by atoms with Crippen molar-refractivity contribution >= 4 is 17.9 Å². The molecule has 3 amide bonds. The van der Waals surface area contributed by atoms with Crippen LogP contribution in [0, 0.1) is 5.41 Å². The predicted molar refractivity (Wildman–Crippen MR) is 112 cm³/mol. The molecular weight excluding hydrogens is 402 g/mol. The Morgan fingerprint density at radius 3 is 2.52 bits per heavy atom. The highest BCUT2D eigenvalue weighted by Gasteiger charge is 2.44. The topological polar surface area (TPSA) is 115 Å². The fourth-order valence-corrected chi connectivity index (χ4v) is 3.78. The van der Waals surface area contributed by atoms with Crippen molar-refractivity contribution in [2.24, 2.45) is 5.41 Å². The van der Waals surface area contributed by atoms with Crippen LogP contribution in [0.5, 0.6) is 11.5 Å². The average molecular weight is 434 g/mol. The first-order valence-corrected chi connectivity index (χ1v) is 10.6. The van der Waals surface area contributed by atoms with E-state index < -0.39 is 35.2 Å². The van der Waals surface area contributed by atoms with E-state index >= 15 is 0 Å². The molecular formula is C22H31N3O6. The lowest BCUT2D eigenvalue weighted by Crippen LogP contribution is -2.60. The minimum Gasteiger partial charge on any atom is -0.485 e. The van der Waals surface area contributed by atoms with Crippen LogP contribution in [-0.2, 0) is 14.3 Å². The van der Waals surface area contributed by atoms with Crippen LogP contribution < -0.4 is 25.6 Å². The van der Waals surface area contributed by atoms with Crippen LogP contribution in [-0.4, -0.2) is 42.3 Å². The Labute approximate surface area is 182 Å². The predicted octanol–water partition coefficient (Wildman–Crippen LogP) is 2.45. The second kappa shape index (κ2) is 9.03. The smallest absolute Gasteiger partial charge is 0.407 e. The number of amides is 3. The van der Waals surface area contributed by atoms with E-state index in [0.717, 1.165) is 12.8 Å². The number of hydrazine groups is 1. The summed E-state index contributed by atoms with van der Waals surface area (Å²) in [7, 11) is 0. The summed E-state index contributed by atoms with van der Waals surface area (Å²) in [6.07, 6.45) is 1.52. The number of alkyl carbamates (subject to hydrolysis) is 1. The number of ether oxygens (including phenoxy) is 3. The normalized spacial score (nSPS) is 25.2. The van der Waals surface area contributed by atoms with Crippen LogP contribution in [0.25, 0.3) is 0 Å². The molecule has 0 saturated heterocycles. The average Bonchev–Trinajstić information content (AvgIpc) is 2.71. The van der Waals surface area contributed by atoms with Gasteiger partial charge < -0.3 is 19.5 Å². The van der Waals surface area contributed by atoms with Crippen LogP contribution in [0.4, 0.5) is 4.79 Å². The molecule has 31 heavy (non-hydrogen) atoms. The minimum atomic E-state index is -0.890. The molecule has 1 aliphatic heterocycles. The first kappa shape index (κ1) is 22.7. The molecule has 0 spiro atoms. The van der Waals surface area contributed by atoms with E-state index in [1.807, 2.05) is 6.07 Å². The molecule has 2 aliphatic rings. The van der Waals surface area contributed by atoms with Crippen molar-refractivity contribution in [1.82, 2.24) is 16.2 Å². The first-order chi connectivity index (χ1) is 14.6. The first-order valence-electron chi connectivity index (χ1n) is 10.6. The highest BCUT2D eigenvalue weighted by molar-refractivity contribution is 5.88. The molecule has 3 N–H and O–H groups in total. The Morgan fingerprint density at radius 2 is 1.81 bits per heavy atom. The maximum absolute atomic E-state index is 13.0. The molecule has 1 fully saturated rings. The van der Waals surface area contributed by atoms with Gasteiger partial charge in [0.2, 0.25) is 12.0 Å². The molecule has 9 heteroatoms. The van der Waals surface area contributed by atoms with Gasteiger partial charge in [-0.25, -0.2) is 4.79 Å². The molecule has 1 saturated carbocycles. The summed E-state index contributed by atoms with van der Waals surface area (Å²) in [5.41, 5.74) is 3.41. The second-order valence-corrected chi connectivity index (χ2v) is 9.17. The zero-order valence-electron chi connectivity index (χ0n) is 18.4. The van der Waals surface area contributed by atoms with Gasteiger partial charge in [-0.1, -0.05) is 25.0 Å². The van der Waals surface area contributed by atoms with E-state index in [-0.39, 0.29) is 12.5 Å². The lowest BCUT2D eigenvalue weighted by Gasteiger charge is -2.40. The van der Waals surface area contributed by atoms with Crippen molar-refractivity contribution in [3.63, 3.8) is 0 Å².